The van der Waals surface area contributed by atoms with Gasteiger partial charge in [0.05, 0.1) is 24.0 Å². The van der Waals surface area contributed by atoms with Crippen LogP contribution in [0.4, 0.5) is 0 Å². The van der Waals surface area contributed by atoms with Crippen LogP contribution in [0.3, 0.4) is 0 Å². The van der Waals surface area contributed by atoms with Crippen molar-refractivity contribution in [2.24, 2.45) is 17.6 Å². The SMILES string of the molecule is CCC(N)(CC)CNC(=O)C(C)N1C(=O)C2C3CCC(O3)C2C1=O. The fourth-order valence-electron chi connectivity index (χ4n) is 4.14. The van der Waals surface area contributed by atoms with E-state index >= 15 is 0 Å². The van der Waals surface area contributed by atoms with Gasteiger partial charge in [0.1, 0.15) is 6.04 Å². The lowest BCUT2D eigenvalue weighted by Crippen LogP contribution is -2.54. The van der Waals surface area contributed by atoms with Crippen molar-refractivity contribution in [3.8, 4) is 0 Å². The highest BCUT2D eigenvalue weighted by Crippen LogP contribution is 2.48. The number of nitrogens with zero attached hydrogens (tertiary/aromatic N) is 1. The summed E-state index contributed by atoms with van der Waals surface area (Å²) in [6.45, 7) is 5.89. The molecular weight excluding hydrogens is 310 g/mol. The zero-order valence-electron chi connectivity index (χ0n) is 14.6. The van der Waals surface area contributed by atoms with Crippen molar-refractivity contribution in [1.29, 1.82) is 0 Å². The van der Waals surface area contributed by atoms with Gasteiger partial charge in [-0.1, -0.05) is 13.8 Å². The maximum atomic E-state index is 12.7. The number of nitrogens with two attached hydrogens (primary N) is 1. The molecular formula is C17H27N3O4. The average molecular weight is 337 g/mol. The molecule has 0 radical (unpaired) electrons. The number of nitrogens with one attached hydrogen (secondary N) is 1. The minimum atomic E-state index is -0.812. The summed E-state index contributed by atoms with van der Waals surface area (Å²) in [6, 6.07) is -0.812. The first-order chi connectivity index (χ1) is 11.3. The maximum Gasteiger partial charge on any atom is 0.243 e. The number of likely N-dealkylation sites (tertiary alicyclic amines) is 1. The quantitative estimate of drug-likeness (QED) is 0.673. The highest BCUT2D eigenvalue weighted by atomic mass is 16.5. The summed E-state index contributed by atoms with van der Waals surface area (Å²) in [4.78, 5) is 38.9. The molecule has 2 bridgehead atoms. The molecule has 3 N–H and O–H groups in total. The predicted molar refractivity (Wildman–Crippen MR) is 86.7 cm³/mol. The second kappa shape index (κ2) is 6.11. The third-order valence-corrected chi connectivity index (χ3v) is 6.11. The second-order valence-electron chi connectivity index (χ2n) is 7.35. The number of hydrogen-bond acceptors (Lipinski definition) is 5. The molecule has 3 rings (SSSR count). The van der Waals surface area contributed by atoms with Gasteiger partial charge in [-0.15, -0.1) is 0 Å². The fraction of sp³-hybridized carbons (Fsp3) is 0.824. The molecule has 5 atom stereocenters. The van der Waals surface area contributed by atoms with Crippen molar-refractivity contribution >= 4 is 17.7 Å². The Kier molecular flexibility index (Phi) is 4.42. The van der Waals surface area contributed by atoms with Crippen molar-refractivity contribution in [2.75, 3.05) is 6.54 Å². The number of ether oxygens (including phenoxy) is 1. The third-order valence-electron chi connectivity index (χ3n) is 6.11. The van der Waals surface area contributed by atoms with Crippen molar-refractivity contribution in [3.63, 3.8) is 0 Å². The van der Waals surface area contributed by atoms with Gasteiger partial charge < -0.3 is 15.8 Å². The van der Waals surface area contributed by atoms with Crippen LogP contribution in [0.25, 0.3) is 0 Å². The number of amides is 3. The van der Waals surface area contributed by atoms with Gasteiger partial charge in [0.2, 0.25) is 17.7 Å². The highest BCUT2D eigenvalue weighted by molar-refractivity contribution is 6.09. The molecule has 7 nitrogen and oxygen atoms in total. The van der Waals surface area contributed by atoms with Crippen molar-refractivity contribution in [2.45, 2.75) is 70.2 Å². The molecule has 3 heterocycles. The Morgan fingerprint density at radius 1 is 1.25 bits per heavy atom. The number of carbonyl (C=O) groups excluding carboxylic acids is 3. The van der Waals surface area contributed by atoms with Crippen molar-refractivity contribution in [3.05, 3.63) is 0 Å². The van der Waals surface area contributed by atoms with E-state index in [1.54, 1.807) is 6.92 Å². The third kappa shape index (κ3) is 2.54. The summed E-state index contributed by atoms with van der Waals surface area (Å²) in [6.07, 6.45) is 2.81. The molecule has 0 aromatic carbocycles. The summed E-state index contributed by atoms with van der Waals surface area (Å²) >= 11 is 0. The summed E-state index contributed by atoms with van der Waals surface area (Å²) in [5.74, 6) is -1.64. The number of fused-ring (bicyclic) bond motifs is 5. The molecule has 7 heteroatoms. The van der Waals surface area contributed by atoms with Crippen LogP contribution in [0.1, 0.15) is 46.5 Å². The Morgan fingerprint density at radius 3 is 2.21 bits per heavy atom. The van der Waals surface area contributed by atoms with E-state index in [-0.39, 0.29) is 29.9 Å². The van der Waals surface area contributed by atoms with Crippen LogP contribution >= 0.6 is 0 Å². The largest absolute Gasteiger partial charge is 0.373 e. The smallest absolute Gasteiger partial charge is 0.243 e. The molecule has 24 heavy (non-hydrogen) atoms. The average Bonchev–Trinajstić information content (AvgIpc) is 3.26. The van der Waals surface area contributed by atoms with Gasteiger partial charge in [-0.25, -0.2) is 0 Å². The molecule has 0 aromatic rings. The van der Waals surface area contributed by atoms with E-state index in [1.807, 2.05) is 13.8 Å². The molecule has 0 aliphatic carbocycles. The molecule has 3 saturated heterocycles. The molecule has 3 aliphatic heterocycles. The monoisotopic (exact) mass is 337 g/mol. The first kappa shape index (κ1) is 17.4. The van der Waals surface area contributed by atoms with Gasteiger partial charge in [0, 0.05) is 12.1 Å². The molecule has 3 aliphatic rings. The van der Waals surface area contributed by atoms with Crippen LogP contribution in [0.2, 0.25) is 0 Å². The van der Waals surface area contributed by atoms with E-state index in [4.69, 9.17) is 10.5 Å². The van der Waals surface area contributed by atoms with Crippen LogP contribution in [0.5, 0.6) is 0 Å². The number of carbonyl (C=O) groups is 3. The topological polar surface area (TPSA) is 102 Å². The Labute approximate surface area is 142 Å². The van der Waals surface area contributed by atoms with E-state index < -0.39 is 23.4 Å². The Hall–Kier alpha value is -1.47. The lowest BCUT2D eigenvalue weighted by atomic mass is 9.81. The minimum absolute atomic E-state index is 0.159. The van der Waals surface area contributed by atoms with Crippen LogP contribution in [0, 0.1) is 11.8 Å². The van der Waals surface area contributed by atoms with Gasteiger partial charge in [-0.05, 0) is 32.6 Å². The van der Waals surface area contributed by atoms with Crippen LogP contribution in [-0.4, -0.2) is 53.0 Å². The van der Waals surface area contributed by atoms with Crippen LogP contribution < -0.4 is 11.1 Å². The number of rotatable bonds is 6. The van der Waals surface area contributed by atoms with Crippen LogP contribution in [-0.2, 0) is 19.1 Å². The van der Waals surface area contributed by atoms with Gasteiger partial charge in [0.15, 0.2) is 0 Å². The number of imide groups is 1. The minimum Gasteiger partial charge on any atom is -0.373 e. The number of hydrogen-bond donors (Lipinski definition) is 2. The van der Waals surface area contributed by atoms with E-state index in [2.05, 4.69) is 5.32 Å². The predicted octanol–water partition coefficient (Wildman–Crippen LogP) is 0.171. The van der Waals surface area contributed by atoms with E-state index in [1.165, 1.54) is 0 Å². The van der Waals surface area contributed by atoms with Gasteiger partial charge in [-0.3, -0.25) is 19.3 Å². The standard InChI is InChI=1S/C17H27N3O4/c1-4-17(18,5-2)8-19-14(21)9(3)20-15(22)12-10-6-7-11(24-10)13(12)16(20)23/h9-13H,4-8,18H2,1-3H3,(H,19,21). The Bertz CT molecular complexity index is 532. The zero-order chi connectivity index (χ0) is 17.6. The molecule has 5 unspecified atom stereocenters. The lowest BCUT2D eigenvalue weighted by molar-refractivity contribution is -0.149. The zero-order valence-corrected chi connectivity index (χ0v) is 14.6. The molecule has 0 saturated carbocycles. The van der Waals surface area contributed by atoms with Crippen molar-refractivity contribution < 1.29 is 19.1 Å². The normalized spacial score (nSPS) is 33.1. The molecule has 134 valence electrons. The lowest BCUT2D eigenvalue weighted by Gasteiger charge is -2.29. The van der Waals surface area contributed by atoms with Gasteiger partial charge in [0.25, 0.3) is 0 Å². The van der Waals surface area contributed by atoms with E-state index in [0.717, 1.165) is 30.6 Å². The maximum absolute atomic E-state index is 12.7. The Balaban J connectivity index is 1.67. The second-order valence-corrected chi connectivity index (χ2v) is 7.35. The summed E-state index contributed by atoms with van der Waals surface area (Å²) in [5.41, 5.74) is 5.73. The molecule has 3 fully saturated rings. The fourth-order valence-corrected chi connectivity index (χ4v) is 4.14. The van der Waals surface area contributed by atoms with E-state index in [9.17, 15) is 14.4 Å². The molecule has 3 amide bonds. The van der Waals surface area contributed by atoms with Crippen LogP contribution in [0.15, 0.2) is 0 Å². The van der Waals surface area contributed by atoms with E-state index in [0.29, 0.717) is 6.54 Å². The highest BCUT2D eigenvalue weighted by Gasteiger charge is 2.63. The molecule has 0 aromatic heterocycles. The first-order valence-electron chi connectivity index (χ1n) is 8.92. The van der Waals surface area contributed by atoms with Crippen molar-refractivity contribution in [1.82, 2.24) is 10.2 Å². The summed E-state index contributed by atoms with van der Waals surface area (Å²) in [7, 11) is 0. The summed E-state index contributed by atoms with van der Waals surface area (Å²) < 4.78 is 5.70. The summed E-state index contributed by atoms with van der Waals surface area (Å²) in [5, 5.41) is 2.81. The molecule has 0 spiro atoms. The van der Waals surface area contributed by atoms with Gasteiger partial charge >= 0.3 is 0 Å². The first-order valence-corrected chi connectivity index (χ1v) is 8.92. The Morgan fingerprint density at radius 2 is 1.75 bits per heavy atom. The van der Waals surface area contributed by atoms with Gasteiger partial charge in [-0.2, -0.15) is 0 Å².